The number of nitrogens with one attached hydrogen (secondary N) is 2. The Bertz CT molecular complexity index is 571. The molecular formula is C12H18ClN3O3S. The van der Waals surface area contributed by atoms with Crippen LogP contribution in [0.1, 0.15) is 23.2 Å². The molecule has 8 heteroatoms. The van der Waals surface area contributed by atoms with Crippen LogP contribution in [0.4, 0.5) is 0 Å². The molecule has 0 radical (unpaired) electrons. The van der Waals surface area contributed by atoms with Crippen LogP contribution in [-0.4, -0.2) is 33.5 Å². The number of rotatable bonds is 5. The molecule has 1 unspecified atom stereocenters. The largest absolute Gasteiger partial charge is 0.366 e. The Hall–Kier alpha value is -1.15. The van der Waals surface area contributed by atoms with E-state index in [1.54, 1.807) is 0 Å². The summed E-state index contributed by atoms with van der Waals surface area (Å²) in [6, 6.07) is 5.89. The summed E-state index contributed by atoms with van der Waals surface area (Å²) in [4.78, 5) is 11.1. The van der Waals surface area contributed by atoms with Gasteiger partial charge < -0.3 is 11.1 Å². The lowest BCUT2D eigenvalue weighted by atomic mass is 10.2. The van der Waals surface area contributed by atoms with Crippen molar-refractivity contribution >= 4 is 28.3 Å². The Morgan fingerprint density at radius 1 is 1.45 bits per heavy atom. The normalized spacial score (nSPS) is 18.5. The fraction of sp³-hybridized carbons (Fsp3) is 0.417. The van der Waals surface area contributed by atoms with Gasteiger partial charge in [0.25, 0.3) is 0 Å². The van der Waals surface area contributed by atoms with Gasteiger partial charge in [0.1, 0.15) is 0 Å². The molecule has 1 saturated heterocycles. The summed E-state index contributed by atoms with van der Waals surface area (Å²) in [5.74, 6) is -0.644. The summed E-state index contributed by atoms with van der Waals surface area (Å²) in [5, 5.41) is 3.21. The highest BCUT2D eigenvalue weighted by Crippen LogP contribution is 2.12. The van der Waals surface area contributed by atoms with Crippen molar-refractivity contribution in [2.75, 3.05) is 13.1 Å². The van der Waals surface area contributed by atoms with Crippen LogP contribution >= 0.6 is 12.4 Å². The number of benzene rings is 1. The third-order valence-corrected chi connectivity index (χ3v) is 4.53. The maximum Gasteiger partial charge on any atom is 0.248 e. The van der Waals surface area contributed by atoms with Gasteiger partial charge in [0.2, 0.25) is 15.9 Å². The Kier molecular flexibility index (Phi) is 5.94. The second kappa shape index (κ2) is 7.03. The van der Waals surface area contributed by atoms with Gasteiger partial charge in [0, 0.05) is 18.2 Å². The number of sulfonamides is 1. The molecule has 1 fully saturated rings. The average Bonchev–Trinajstić information content (AvgIpc) is 2.90. The first-order chi connectivity index (χ1) is 8.99. The van der Waals surface area contributed by atoms with Gasteiger partial charge in [-0.1, -0.05) is 6.07 Å². The van der Waals surface area contributed by atoms with Gasteiger partial charge in [0.15, 0.2) is 0 Å². The van der Waals surface area contributed by atoms with Gasteiger partial charge in [-0.2, -0.15) is 0 Å². The van der Waals surface area contributed by atoms with Crippen LogP contribution in [0.15, 0.2) is 29.2 Å². The third-order valence-electron chi connectivity index (χ3n) is 3.11. The molecule has 20 heavy (non-hydrogen) atoms. The van der Waals surface area contributed by atoms with Crippen LogP contribution in [0, 0.1) is 0 Å². The molecule has 1 atom stereocenters. The van der Waals surface area contributed by atoms with E-state index in [0.29, 0.717) is 6.54 Å². The number of halogens is 1. The van der Waals surface area contributed by atoms with Gasteiger partial charge in [-0.25, -0.2) is 13.1 Å². The molecule has 6 nitrogen and oxygen atoms in total. The van der Waals surface area contributed by atoms with Crippen LogP contribution < -0.4 is 15.8 Å². The van der Waals surface area contributed by atoms with Crippen molar-refractivity contribution in [2.24, 2.45) is 5.73 Å². The second-order valence-electron chi connectivity index (χ2n) is 4.54. The summed E-state index contributed by atoms with van der Waals surface area (Å²) in [6.45, 7) is 1.27. The topological polar surface area (TPSA) is 101 Å². The van der Waals surface area contributed by atoms with E-state index >= 15 is 0 Å². The van der Waals surface area contributed by atoms with Gasteiger partial charge in [-0.15, -0.1) is 12.4 Å². The Balaban J connectivity index is 0.00000200. The number of amides is 1. The number of carbonyl (C=O) groups is 1. The van der Waals surface area contributed by atoms with Crippen molar-refractivity contribution in [3.8, 4) is 0 Å². The fourth-order valence-corrected chi connectivity index (χ4v) is 3.17. The molecule has 1 amide bonds. The zero-order valence-electron chi connectivity index (χ0n) is 10.8. The van der Waals surface area contributed by atoms with Gasteiger partial charge in [-0.3, -0.25) is 4.79 Å². The number of carbonyl (C=O) groups excluding carboxylic acids is 1. The average molecular weight is 320 g/mol. The zero-order chi connectivity index (χ0) is 13.9. The number of primary amides is 1. The number of hydrogen-bond donors (Lipinski definition) is 3. The zero-order valence-corrected chi connectivity index (χ0v) is 12.5. The van der Waals surface area contributed by atoms with E-state index in [9.17, 15) is 13.2 Å². The minimum absolute atomic E-state index is 0. The molecular weight excluding hydrogens is 302 g/mol. The predicted octanol–water partition coefficient (Wildman–Crippen LogP) is 0.238. The number of hydrogen-bond acceptors (Lipinski definition) is 4. The van der Waals surface area contributed by atoms with Crippen molar-refractivity contribution in [2.45, 2.75) is 23.8 Å². The highest BCUT2D eigenvalue weighted by atomic mass is 35.5. The molecule has 0 saturated carbocycles. The standard InChI is InChI=1S/C12H17N3O3S.ClH/c13-12(16)9-3-1-5-11(7-9)19(17,18)15-8-10-4-2-6-14-10;/h1,3,5,7,10,14-15H,2,4,6,8H2,(H2,13,16);1H. The van der Waals surface area contributed by atoms with Crippen LogP contribution in [0.3, 0.4) is 0 Å². The van der Waals surface area contributed by atoms with Crippen molar-refractivity contribution < 1.29 is 13.2 Å². The van der Waals surface area contributed by atoms with Crippen molar-refractivity contribution in [1.29, 1.82) is 0 Å². The van der Waals surface area contributed by atoms with E-state index in [4.69, 9.17) is 5.73 Å². The molecule has 1 aromatic carbocycles. The Morgan fingerprint density at radius 3 is 2.80 bits per heavy atom. The minimum Gasteiger partial charge on any atom is -0.366 e. The molecule has 1 heterocycles. The van der Waals surface area contributed by atoms with Crippen molar-refractivity contribution in [3.63, 3.8) is 0 Å². The highest BCUT2D eigenvalue weighted by Gasteiger charge is 2.19. The highest BCUT2D eigenvalue weighted by molar-refractivity contribution is 7.89. The molecule has 2 rings (SSSR count). The molecule has 4 N–H and O–H groups in total. The third kappa shape index (κ3) is 4.17. The summed E-state index contributed by atoms with van der Waals surface area (Å²) in [7, 11) is -3.60. The molecule has 112 valence electrons. The van der Waals surface area contributed by atoms with Crippen molar-refractivity contribution in [3.05, 3.63) is 29.8 Å². The monoisotopic (exact) mass is 319 g/mol. The van der Waals surface area contributed by atoms with Crippen LogP contribution in [0.5, 0.6) is 0 Å². The van der Waals surface area contributed by atoms with E-state index in [-0.39, 0.29) is 28.9 Å². The first-order valence-corrected chi connectivity index (χ1v) is 7.60. The van der Waals surface area contributed by atoms with E-state index in [2.05, 4.69) is 10.0 Å². The summed E-state index contributed by atoms with van der Waals surface area (Å²) >= 11 is 0. The maximum atomic E-state index is 12.1. The van der Waals surface area contributed by atoms with E-state index in [1.807, 2.05) is 0 Å². The summed E-state index contributed by atoms with van der Waals surface area (Å²) in [6.07, 6.45) is 2.02. The van der Waals surface area contributed by atoms with Crippen LogP contribution in [-0.2, 0) is 10.0 Å². The predicted molar refractivity (Wildman–Crippen MR) is 78.4 cm³/mol. The lowest BCUT2D eigenvalue weighted by molar-refractivity contribution is 0.1000. The smallest absolute Gasteiger partial charge is 0.248 e. The van der Waals surface area contributed by atoms with Crippen molar-refractivity contribution in [1.82, 2.24) is 10.0 Å². The molecule has 1 aliphatic rings. The van der Waals surface area contributed by atoms with E-state index in [0.717, 1.165) is 19.4 Å². The maximum absolute atomic E-state index is 12.1. The Labute approximate surface area is 124 Å². The van der Waals surface area contributed by atoms with Gasteiger partial charge >= 0.3 is 0 Å². The molecule has 0 bridgehead atoms. The van der Waals surface area contributed by atoms with Crippen LogP contribution in [0.2, 0.25) is 0 Å². The lowest BCUT2D eigenvalue weighted by Crippen LogP contribution is -2.37. The SMILES string of the molecule is Cl.NC(=O)c1cccc(S(=O)(=O)NCC2CCCN2)c1. The second-order valence-corrected chi connectivity index (χ2v) is 6.30. The van der Waals surface area contributed by atoms with Crippen LogP contribution in [0.25, 0.3) is 0 Å². The summed E-state index contributed by atoms with van der Waals surface area (Å²) < 4.78 is 26.7. The Morgan fingerprint density at radius 2 is 2.20 bits per heavy atom. The molecule has 0 aromatic heterocycles. The molecule has 1 aromatic rings. The quantitative estimate of drug-likeness (QED) is 0.723. The van der Waals surface area contributed by atoms with Gasteiger partial charge in [0.05, 0.1) is 4.90 Å². The van der Waals surface area contributed by atoms with E-state index in [1.165, 1.54) is 24.3 Å². The molecule has 1 aliphatic heterocycles. The van der Waals surface area contributed by atoms with E-state index < -0.39 is 15.9 Å². The molecule has 0 spiro atoms. The summed E-state index contributed by atoms with van der Waals surface area (Å²) in [5.41, 5.74) is 5.32. The first kappa shape index (κ1) is 16.9. The molecule has 0 aliphatic carbocycles. The fourth-order valence-electron chi connectivity index (χ4n) is 2.04. The minimum atomic E-state index is -3.60. The lowest BCUT2D eigenvalue weighted by Gasteiger charge is -2.12. The number of nitrogens with two attached hydrogens (primary N) is 1. The van der Waals surface area contributed by atoms with Gasteiger partial charge in [-0.05, 0) is 37.6 Å². The first-order valence-electron chi connectivity index (χ1n) is 6.12.